The van der Waals surface area contributed by atoms with Crippen molar-refractivity contribution in [3.8, 4) is 0 Å². The summed E-state index contributed by atoms with van der Waals surface area (Å²) < 4.78 is 0.959. The minimum Gasteiger partial charge on any atom is -0.324 e. The van der Waals surface area contributed by atoms with E-state index in [2.05, 4.69) is 25.9 Å². The minimum absolute atomic E-state index is 0.0203. The van der Waals surface area contributed by atoms with Crippen LogP contribution in [0, 0.1) is 0 Å². The standard InChI is InChI=1S/C12H12BrN3OS/c1-7(14)9-3-2-8(6-10(9)13)18-12-15-5-4-11(17)16-12/h2-7H,14H2,1H3,(H,15,16,17). The van der Waals surface area contributed by atoms with E-state index >= 15 is 0 Å². The van der Waals surface area contributed by atoms with Gasteiger partial charge in [-0.15, -0.1) is 0 Å². The first-order valence-corrected chi connectivity index (χ1v) is 6.95. The molecule has 2 rings (SSSR count). The van der Waals surface area contributed by atoms with Crippen LogP contribution in [-0.2, 0) is 0 Å². The summed E-state index contributed by atoms with van der Waals surface area (Å²) in [4.78, 5) is 18.9. The van der Waals surface area contributed by atoms with Crippen LogP contribution in [0.2, 0.25) is 0 Å². The van der Waals surface area contributed by atoms with E-state index < -0.39 is 0 Å². The third-order valence-electron chi connectivity index (χ3n) is 2.32. The molecule has 1 atom stereocenters. The van der Waals surface area contributed by atoms with Gasteiger partial charge in [0.25, 0.3) is 5.56 Å². The quantitative estimate of drug-likeness (QED) is 0.851. The number of halogens is 1. The highest BCUT2D eigenvalue weighted by Crippen LogP contribution is 2.30. The first kappa shape index (κ1) is 13.3. The van der Waals surface area contributed by atoms with E-state index in [4.69, 9.17) is 5.73 Å². The summed E-state index contributed by atoms with van der Waals surface area (Å²) >= 11 is 4.89. The van der Waals surface area contributed by atoms with E-state index in [-0.39, 0.29) is 11.6 Å². The molecule has 0 aliphatic carbocycles. The Morgan fingerprint density at radius 3 is 2.83 bits per heavy atom. The van der Waals surface area contributed by atoms with Crippen LogP contribution in [-0.4, -0.2) is 9.97 Å². The molecule has 0 saturated heterocycles. The fourth-order valence-corrected chi connectivity index (χ4v) is 3.15. The van der Waals surface area contributed by atoms with Crippen LogP contribution in [0.5, 0.6) is 0 Å². The molecule has 1 unspecified atom stereocenters. The molecule has 0 aliphatic heterocycles. The molecule has 0 spiro atoms. The molecule has 2 aromatic rings. The van der Waals surface area contributed by atoms with Gasteiger partial charge in [-0.1, -0.05) is 33.8 Å². The third-order valence-corrected chi connectivity index (χ3v) is 3.90. The van der Waals surface area contributed by atoms with E-state index in [0.29, 0.717) is 5.16 Å². The predicted molar refractivity (Wildman–Crippen MR) is 75.7 cm³/mol. The number of nitrogens with zero attached hydrogens (tertiary/aromatic N) is 1. The summed E-state index contributed by atoms with van der Waals surface area (Å²) in [5, 5.41) is 0.572. The van der Waals surface area contributed by atoms with E-state index in [1.807, 2.05) is 25.1 Å². The van der Waals surface area contributed by atoms with Crippen molar-refractivity contribution in [3.05, 3.63) is 50.9 Å². The average Bonchev–Trinajstić information content (AvgIpc) is 2.28. The van der Waals surface area contributed by atoms with Crippen LogP contribution in [0.15, 0.2) is 49.8 Å². The van der Waals surface area contributed by atoms with Gasteiger partial charge in [-0.05, 0) is 24.6 Å². The molecule has 1 aromatic heterocycles. The van der Waals surface area contributed by atoms with Crippen molar-refractivity contribution in [1.29, 1.82) is 0 Å². The predicted octanol–water partition coefficient (Wildman–Crippen LogP) is 2.70. The molecule has 0 amide bonds. The zero-order valence-corrected chi connectivity index (χ0v) is 12.1. The van der Waals surface area contributed by atoms with Gasteiger partial charge in [0, 0.05) is 27.7 Å². The Labute approximate surface area is 117 Å². The van der Waals surface area contributed by atoms with Gasteiger partial charge in [-0.25, -0.2) is 4.98 Å². The van der Waals surface area contributed by atoms with Gasteiger partial charge in [-0.2, -0.15) is 0 Å². The van der Waals surface area contributed by atoms with Crippen molar-refractivity contribution < 1.29 is 0 Å². The smallest absolute Gasteiger partial charge is 0.251 e. The Morgan fingerprint density at radius 1 is 1.44 bits per heavy atom. The maximum absolute atomic E-state index is 11.2. The highest BCUT2D eigenvalue weighted by molar-refractivity contribution is 9.10. The highest BCUT2D eigenvalue weighted by Gasteiger charge is 2.07. The number of rotatable bonds is 3. The van der Waals surface area contributed by atoms with Crippen LogP contribution < -0.4 is 11.3 Å². The zero-order chi connectivity index (χ0) is 13.1. The third kappa shape index (κ3) is 3.22. The van der Waals surface area contributed by atoms with Gasteiger partial charge in [-0.3, -0.25) is 4.79 Å². The fraction of sp³-hybridized carbons (Fsp3) is 0.167. The molecule has 0 saturated carbocycles. The van der Waals surface area contributed by atoms with E-state index in [1.54, 1.807) is 0 Å². The number of nitrogens with one attached hydrogen (secondary N) is 1. The van der Waals surface area contributed by atoms with Gasteiger partial charge in [0.2, 0.25) is 0 Å². The lowest BCUT2D eigenvalue weighted by molar-refractivity contribution is 0.811. The average molecular weight is 326 g/mol. The summed E-state index contributed by atoms with van der Waals surface area (Å²) in [7, 11) is 0. The van der Waals surface area contributed by atoms with Crippen molar-refractivity contribution in [2.45, 2.75) is 23.0 Å². The lowest BCUT2D eigenvalue weighted by Gasteiger charge is -2.09. The summed E-state index contributed by atoms with van der Waals surface area (Å²) in [5.41, 5.74) is 6.74. The van der Waals surface area contributed by atoms with E-state index in [1.165, 1.54) is 24.0 Å². The lowest BCUT2D eigenvalue weighted by Crippen LogP contribution is -2.06. The fourth-order valence-electron chi connectivity index (χ4n) is 1.46. The Balaban J connectivity index is 2.25. The number of H-pyrrole nitrogens is 1. The second-order valence-electron chi connectivity index (χ2n) is 3.81. The SMILES string of the molecule is CC(N)c1ccc(Sc2nccc(=O)[nH]2)cc1Br. The molecule has 0 aliphatic rings. The Bertz CT molecular complexity index is 612. The monoisotopic (exact) mass is 325 g/mol. The van der Waals surface area contributed by atoms with Crippen LogP contribution in [0.4, 0.5) is 0 Å². The van der Waals surface area contributed by atoms with Crippen LogP contribution in [0.3, 0.4) is 0 Å². The van der Waals surface area contributed by atoms with Crippen molar-refractivity contribution in [2.24, 2.45) is 5.73 Å². The molecule has 6 heteroatoms. The Hall–Kier alpha value is -1.11. The summed E-state index contributed by atoms with van der Waals surface area (Å²) in [6.45, 7) is 1.93. The van der Waals surface area contributed by atoms with E-state index in [0.717, 1.165) is 14.9 Å². The normalized spacial score (nSPS) is 12.4. The van der Waals surface area contributed by atoms with Crippen molar-refractivity contribution in [1.82, 2.24) is 9.97 Å². The first-order valence-electron chi connectivity index (χ1n) is 5.34. The van der Waals surface area contributed by atoms with E-state index in [9.17, 15) is 4.79 Å². The molecular weight excluding hydrogens is 314 g/mol. The summed E-state index contributed by atoms with van der Waals surface area (Å²) in [5.74, 6) is 0. The number of nitrogens with two attached hydrogens (primary N) is 1. The molecule has 3 N–H and O–H groups in total. The topological polar surface area (TPSA) is 71.8 Å². The van der Waals surface area contributed by atoms with Crippen molar-refractivity contribution in [3.63, 3.8) is 0 Å². The molecule has 0 bridgehead atoms. The van der Waals surface area contributed by atoms with Gasteiger partial charge < -0.3 is 10.7 Å². The van der Waals surface area contributed by atoms with Gasteiger partial charge >= 0.3 is 0 Å². The maximum atomic E-state index is 11.2. The van der Waals surface area contributed by atoms with Gasteiger partial charge in [0.1, 0.15) is 0 Å². The van der Waals surface area contributed by atoms with Crippen LogP contribution in [0.25, 0.3) is 0 Å². The van der Waals surface area contributed by atoms with Crippen molar-refractivity contribution >= 4 is 27.7 Å². The summed E-state index contributed by atoms with van der Waals surface area (Å²) in [6, 6.07) is 7.27. The Kier molecular flexibility index (Phi) is 4.21. The van der Waals surface area contributed by atoms with Crippen LogP contribution >= 0.6 is 27.7 Å². The summed E-state index contributed by atoms with van der Waals surface area (Å²) in [6.07, 6.45) is 1.49. The highest BCUT2D eigenvalue weighted by atomic mass is 79.9. The molecule has 0 radical (unpaired) electrons. The molecule has 1 heterocycles. The Morgan fingerprint density at radius 2 is 2.22 bits per heavy atom. The van der Waals surface area contributed by atoms with Gasteiger partial charge in [0.05, 0.1) is 0 Å². The second-order valence-corrected chi connectivity index (χ2v) is 5.73. The minimum atomic E-state index is -0.154. The first-order chi connectivity index (χ1) is 8.56. The molecule has 18 heavy (non-hydrogen) atoms. The number of aromatic amines is 1. The number of hydrogen-bond acceptors (Lipinski definition) is 4. The van der Waals surface area contributed by atoms with Crippen LogP contribution in [0.1, 0.15) is 18.5 Å². The number of benzene rings is 1. The zero-order valence-electron chi connectivity index (χ0n) is 9.68. The molecular formula is C12H12BrN3OS. The van der Waals surface area contributed by atoms with Crippen molar-refractivity contribution in [2.75, 3.05) is 0 Å². The molecule has 1 aromatic carbocycles. The number of aromatic nitrogens is 2. The maximum Gasteiger partial charge on any atom is 0.251 e. The van der Waals surface area contributed by atoms with Gasteiger partial charge in [0.15, 0.2) is 5.16 Å². The lowest BCUT2D eigenvalue weighted by atomic mass is 10.1. The number of hydrogen-bond donors (Lipinski definition) is 2. The second kappa shape index (κ2) is 5.69. The largest absolute Gasteiger partial charge is 0.324 e. The molecule has 0 fully saturated rings. The molecule has 94 valence electrons. The molecule has 4 nitrogen and oxygen atoms in total.